The number of imidazole rings is 2. The topological polar surface area (TPSA) is 49.7 Å². The van der Waals surface area contributed by atoms with Crippen LogP contribution in [0, 0.1) is 0 Å². The van der Waals surface area contributed by atoms with Crippen LogP contribution < -0.4 is 0 Å². The monoisotopic (exact) mass is 281 g/mol. The van der Waals surface area contributed by atoms with Crippen molar-refractivity contribution in [1.82, 2.24) is 24.4 Å². The molecule has 0 aliphatic carbocycles. The van der Waals surface area contributed by atoms with Crippen molar-refractivity contribution >= 4 is 0 Å². The number of hydrogen-bond acceptors (Lipinski definition) is 3. The Morgan fingerprint density at radius 3 is 2.95 bits per heavy atom. The number of H-pyrrole nitrogens is 1. The van der Waals surface area contributed by atoms with Crippen molar-refractivity contribution in [2.45, 2.75) is 38.4 Å². The number of halogens is 2. The Bertz CT molecular complexity index is 537. The van der Waals surface area contributed by atoms with Gasteiger partial charge in [-0.25, -0.2) is 9.97 Å². The minimum atomic E-state index is -2.54. The molecule has 1 unspecified atom stereocenters. The van der Waals surface area contributed by atoms with Crippen molar-refractivity contribution in [3.8, 4) is 0 Å². The first-order valence-electron chi connectivity index (χ1n) is 6.79. The fraction of sp³-hybridized carbons (Fsp3) is 0.538. The number of nitrogens with one attached hydrogen (secondary N) is 1. The van der Waals surface area contributed by atoms with Crippen LogP contribution in [0.1, 0.15) is 43.5 Å². The first kappa shape index (κ1) is 13.2. The summed E-state index contributed by atoms with van der Waals surface area (Å²) in [4.78, 5) is 13.7. The molecule has 1 aliphatic heterocycles. The highest BCUT2D eigenvalue weighted by Crippen LogP contribution is 2.30. The molecule has 1 fully saturated rings. The molecule has 3 rings (SSSR count). The summed E-state index contributed by atoms with van der Waals surface area (Å²) in [6, 6.07) is 0.154. The van der Waals surface area contributed by atoms with Gasteiger partial charge in [0, 0.05) is 24.8 Å². The van der Waals surface area contributed by atoms with Gasteiger partial charge >= 0.3 is 6.55 Å². The fourth-order valence-corrected chi connectivity index (χ4v) is 2.78. The molecule has 5 nitrogen and oxygen atoms in total. The van der Waals surface area contributed by atoms with Crippen molar-refractivity contribution in [2.24, 2.45) is 0 Å². The van der Waals surface area contributed by atoms with E-state index in [4.69, 9.17) is 0 Å². The van der Waals surface area contributed by atoms with E-state index in [1.54, 1.807) is 12.4 Å². The van der Waals surface area contributed by atoms with E-state index in [0.29, 0.717) is 12.4 Å². The van der Waals surface area contributed by atoms with E-state index in [9.17, 15) is 8.78 Å². The van der Waals surface area contributed by atoms with Crippen molar-refractivity contribution in [3.63, 3.8) is 0 Å². The van der Waals surface area contributed by atoms with Gasteiger partial charge in [0.25, 0.3) is 0 Å². The molecular weight excluding hydrogens is 264 g/mol. The Morgan fingerprint density at radius 2 is 2.20 bits per heavy atom. The lowest BCUT2D eigenvalue weighted by molar-refractivity contribution is 0.0590. The fourth-order valence-electron chi connectivity index (χ4n) is 2.78. The number of aromatic amines is 1. The van der Waals surface area contributed by atoms with Gasteiger partial charge in [0.1, 0.15) is 11.6 Å². The predicted octanol–water partition coefficient (Wildman–Crippen LogP) is 2.73. The van der Waals surface area contributed by atoms with E-state index in [-0.39, 0.29) is 6.04 Å². The molecule has 0 amide bonds. The van der Waals surface area contributed by atoms with Crippen LogP contribution in [0.15, 0.2) is 24.8 Å². The number of piperidine rings is 1. The van der Waals surface area contributed by atoms with Crippen LogP contribution >= 0.6 is 0 Å². The van der Waals surface area contributed by atoms with Crippen LogP contribution in [-0.4, -0.2) is 31.0 Å². The smallest absolute Gasteiger partial charge is 0.319 e. The zero-order chi connectivity index (χ0) is 13.9. The van der Waals surface area contributed by atoms with E-state index in [2.05, 4.69) is 19.9 Å². The largest absolute Gasteiger partial charge is 0.347 e. The summed E-state index contributed by atoms with van der Waals surface area (Å²) in [5.74, 6) is 1.30. The Labute approximate surface area is 115 Å². The van der Waals surface area contributed by atoms with Gasteiger partial charge in [0.15, 0.2) is 0 Å². The van der Waals surface area contributed by atoms with Crippen LogP contribution in [0.5, 0.6) is 0 Å². The third-order valence-electron chi connectivity index (χ3n) is 3.75. The van der Waals surface area contributed by atoms with Crippen LogP contribution in [0.4, 0.5) is 8.78 Å². The molecule has 0 spiro atoms. The van der Waals surface area contributed by atoms with E-state index >= 15 is 0 Å². The number of aromatic nitrogens is 4. The number of likely N-dealkylation sites (tertiary alicyclic amines) is 1. The standard InChI is InChI=1S/C13H17F2N5/c14-13(15)20-8-6-16-11(20)9-19-7-2-1-3-10(19)12-17-4-5-18-12/h4-6,8,10,13H,1-3,7,9H2,(H,17,18). The lowest BCUT2D eigenvalue weighted by Crippen LogP contribution is -2.34. The predicted molar refractivity (Wildman–Crippen MR) is 69.1 cm³/mol. The third kappa shape index (κ3) is 2.58. The van der Waals surface area contributed by atoms with E-state index < -0.39 is 6.55 Å². The first-order chi connectivity index (χ1) is 9.75. The summed E-state index contributed by atoms with van der Waals surface area (Å²) in [6.07, 6.45) is 9.46. The number of nitrogens with zero attached hydrogens (tertiary/aromatic N) is 4. The summed E-state index contributed by atoms with van der Waals surface area (Å²) in [5, 5.41) is 0. The Kier molecular flexibility index (Phi) is 3.77. The lowest BCUT2D eigenvalue weighted by Gasteiger charge is -2.34. The van der Waals surface area contributed by atoms with Crippen molar-refractivity contribution < 1.29 is 8.78 Å². The molecule has 108 valence electrons. The zero-order valence-electron chi connectivity index (χ0n) is 11.0. The normalized spacial score (nSPS) is 20.6. The highest BCUT2D eigenvalue weighted by Gasteiger charge is 2.27. The number of hydrogen-bond donors (Lipinski definition) is 1. The summed E-state index contributed by atoms with van der Waals surface area (Å²) in [5.41, 5.74) is 0. The Balaban J connectivity index is 1.79. The molecule has 20 heavy (non-hydrogen) atoms. The second-order valence-electron chi connectivity index (χ2n) is 4.98. The third-order valence-corrected chi connectivity index (χ3v) is 3.75. The molecule has 0 bridgehead atoms. The maximum absolute atomic E-state index is 12.9. The van der Waals surface area contributed by atoms with Crippen LogP contribution in [0.25, 0.3) is 0 Å². The SMILES string of the molecule is FC(F)n1ccnc1CN1CCCCC1c1ncc[nH]1. The van der Waals surface area contributed by atoms with Gasteiger partial charge < -0.3 is 4.98 Å². The molecule has 1 N–H and O–H groups in total. The average Bonchev–Trinajstić information content (AvgIpc) is 3.09. The van der Waals surface area contributed by atoms with Crippen molar-refractivity contribution in [2.75, 3.05) is 6.54 Å². The summed E-state index contributed by atoms with van der Waals surface area (Å²) >= 11 is 0. The molecule has 0 aromatic carbocycles. The summed E-state index contributed by atoms with van der Waals surface area (Å²) in [6.45, 7) is -1.25. The first-order valence-corrected chi connectivity index (χ1v) is 6.79. The van der Waals surface area contributed by atoms with Gasteiger partial charge in [-0.15, -0.1) is 0 Å². The minimum Gasteiger partial charge on any atom is -0.347 e. The highest BCUT2D eigenvalue weighted by atomic mass is 19.3. The van der Waals surface area contributed by atoms with E-state index in [1.165, 1.54) is 12.4 Å². The second-order valence-corrected chi connectivity index (χ2v) is 4.98. The molecule has 1 atom stereocenters. The van der Waals surface area contributed by atoms with Crippen molar-refractivity contribution in [3.05, 3.63) is 36.4 Å². The molecule has 0 saturated carbocycles. The van der Waals surface area contributed by atoms with Gasteiger partial charge in [-0.3, -0.25) is 9.47 Å². The van der Waals surface area contributed by atoms with Crippen LogP contribution in [-0.2, 0) is 6.54 Å². The highest BCUT2D eigenvalue weighted by molar-refractivity contribution is 5.01. The van der Waals surface area contributed by atoms with Gasteiger partial charge in [-0.1, -0.05) is 6.42 Å². The van der Waals surface area contributed by atoms with Gasteiger partial charge in [0.05, 0.1) is 12.6 Å². The van der Waals surface area contributed by atoms with Gasteiger partial charge in [-0.05, 0) is 19.4 Å². The van der Waals surface area contributed by atoms with Gasteiger partial charge in [0.2, 0.25) is 0 Å². The van der Waals surface area contributed by atoms with E-state index in [1.807, 2.05) is 0 Å². The molecule has 7 heteroatoms. The maximum Gasteiger partial charge on any atom is 0.319 e. The average molecular weight is 281 g/mol. The molecule has 1 aliphatic rings. The molecule has 2 aromatic rings. The molecule has 3 heterocycles. The van der Waals surface area contributed by atoms with Crippen molar-refractivity contribution in [1.29, 1.82) is 0 Å². The molecule has 0 radical (unpaired) electrons. The van der Waals surface area contributed by atoms with Crippen LogP contribution in [0.3, 0.4) is 0 Å². The Morgan fingerprint density at radius 1 is 1.30 bits per heavy atom. The molecular formula is C13H17F2N5. The number of rotatable bonds is 4. The maximum atomic E-state index is 12.9. The summed E-state index contributed by atoms with van der Waals surface area (Å²) in [7, 11) is 0. The van der Waals surface area contributed by atoms with Gasteiger partial charge in [-0.2, -0.15) is 8.78 Å². The molecule has 2 aromatic heterocycles. The second kappa shape index (κ2) is 5.70. The quantitative estimate of drug-likeness (QED) is 0.937. The lowest BCUT2D eigenvalue weighted by atomic mass is 10.0. The molecule has 1 saturated heterocycles. The summed E-state index contributed by atoms with van der Waals surface area (Å²) < 4.78 is 26.7. The minimum absolute atomic E-state index is 0.154. The van der Waals surface area contributed by atoms with E-state index in [0.717, 1.165) is 36.2 Å². The van der Waals surface area contributed by atoms with Crippen LogP contribution in [0.2, 0.25) is 0 Å². The number of alkyl halides is 2. The Hall–Kier alpha value is -1.76. The zero-order valence-corrected chi connectivity index (χ0v) is 11.0.